The molecule has 0 aromatic heterocycles. The fourth-order valence-corrected chi connectivity index (χ4v) is 0.493. The summed E-state index contributed by atoms with van der Waals surface area (Å²) in [5.41, 5.74) is 0. The Labute approximate surface area is 64.0 Å². The number of nitrogens with zero attached hydrogens (tertiary/aromatic N) is 1. The highest BCUT2D eigenvalue weighted by atomic mass is 16.6. The lowest BCUT2D eigenvalue weighted by Crippen LogP contribution is -2.06. The van der Waals surface area contributed by atoms with Crippen LogP contribution in [0, 0.1) is 11.3 Å². The molecule has 1 rings (SSSR count). The number of allylic oxidation sites excluding steroid dienone is 1. The minimum absolute atomic E-state index is 0.0782. The monoisotopic (exact) mass is 153 g/mol. The minimum Gasteiger partial charge on any atom is -0.460 e. The van der Waals surface area contributed by atoms with E-state index >= 15 is 0 Å². The van der Waals surface area contributed by atoms with Crippen molar-refractivity contribution in [1.82, 2.24) is 0 Å². The smallest absolute Gasteiger partial charge is 0.331 e. The van der Waals surface area contributed by atoms with Crippen LogP contribution in [0.25, 0.3) is 0 Å². The molecule has 0 bridgehead atoms. The Morgan fingerprint density at radius 2 is 2.64 bits per heavy atom. The Bertz CT molecular complexity index is 212. The van der Waals surface area contributed by atoms with Gasteiger partial charge in [-0.15, -0.1) is 0 Å². The number of nitriles is 1. The molecule has 0 N–H and O–H groups in total. The van der Waals surface area contributed by atoms with Crippen LogP contribution in [0.1, 0.15) is 0 Å². The van der Waals surface area contributed by atoms with Crippen LogP contribution in [0.2, 0.25) is 0 Å². The second-order valence-corrected chi connectivity index (χ2v) is 2.05. The number of epoxide rings is 1. The first-order valence-electron chi connectivity index (χ1n) is 3.17. The van der Waals surface area contributed by atoms with Crippen molar-refractivity contribution >= 4 is 5.97 Å². The Morgan fingerprint density at radius 3 is 3.18 bits per heavy atom. The van der Waals surface area contributed by atoms with E-state index in [-0.39, 0.29) is 12.7 Å². The van der Waals surface area contributed by atoms with Crippen molar-refractivity contribution in [2.24, 2.45) is 0 Å². The van der Waals surface area contributed by atoms with Gasteiger partial charge in [-0.3, -0.25) is 0 Å². The summed E-state index contributed by atoms with van der Waals surface area (Å²) in [7, 11) is 0. The Balaban J connectivity index is 2.10. The minimum atomic E-state index is -0.498. The van der Waals surface area contributed by atoms with Crippen molar-refractivity contribution in [3.8, 4) is 6.07 Å². The molecular weight excluding hydrogens is 146 g/mol. The molecule has 1 aliphatic rings. The first-order chi connectivity index (χ1) is 5.33. The summed E-state index contributed by atoms with van der Waals surface area (Å²) in [5.74, 6) is -0.498. The standard InChI is InChI=1S/C7H7NO3/c8-3-1-2-7(9)11-5-6-4-10-6/h1-2,6H,4-5H2. The quantitative estimate of drug-likeness (QED) is 0.248. The van der Waals surface area contributed by atoms with Crippen molar-refractivity contribution in [3.63, 3.8) is 0 Å². The molecule has 1 atom stereocenters. The molecule has 0 aliphatic carbocycles. The number of hydrogen-bond donors (Lipinski definition) is 0. The fraction of sp³-hybridized carbons (Fsp3) is 0.429. The van der Waals surface area contributed by atoms with Crippen molar-refractivity contribution in [2.75, 3.05) is 13.2 Å². The highest BCUT2D eigenvalue weighted by Gasteiger charge is 2.23. The van der Waals surface area contributed by atoms with E-state index in [9.17, 15) is 4.79 Å². The number of carbonyl (C=O) groups excluding carboxylic acids is 1. The lowest BCUT2D eigenvalue weighted by Gasteiger charge is -1.95. The summed E-state index contributed by atoms with van der Waals surface area (Å²) in [5, 5.41) is 8.04. The molecule has 58 valence electrons. The van der Waals surface area contributed by atoms with Gasteiger partial charge in [-0.25, -0.2) is 4.79 Å². The zero-order valence-electron chi connectivity index (χ0n) is 5.82. The first-order valence-corrected chi connectivity index (χ1v) is 3.17. The zero-order chi connectivity index (χ0) is 8.10. The summed E-state index contributed by atoms with van der Waals surface area (Å²) in [6, 6.07) is 1.69. The number of carbonyl (C=O) groups is 1. The molecular formula is C7H7NO3. The molecule has 0 amide bonds. The third kappa shape index (κ3) is 3.38. The van der Waals surface area contributed by atoms with Crippen LogP contribution in [-0.4, -0.2) is 25.3 Å². The molecule has 0 saturated carbocycles. The van der Waals surface area contributed by atoms with Gasteiger partial charge in [-0.2, -0.15) is 5.26 Å². The van der Waals surface area contributed by atoms with Crippen LogP contribution in [0.3, 0.4) is 0 Å². The van der Waals surface area contributed by atoms with Gasteiger partial charge in [0.25, 0.3) is 0 Å². The molecule has 0 radical (unpaired) electrons. The van der Waals surface area contributed by atoms with Crippen molar-refractivity contribution < 1.29 is 14.3 Å². The van der Waals surface area contributed by atoms with Gasteiger partial charge in [0, 0.05) is 12.2 Å². The summed E-state index contributed by atoms with van der Waals surface area (Å²) < 4.78 is 9.46. The summed E-state index contributed by atoms with van der Waals surface area (Å²) in [6.45, 7) is 0.948. The highest BCUT2D eigenvalue weighted by molar-refractivity contribution is 5.82. The van der Waals surface area contributed by atoms with Gasteiger partial charge >= 0.3 is 5.97 Å². The molecule has 1 saturated heterocycles. The van der Waals surface area contributed by atoms with Crippen molar-refractivity contribution in [3.05, 3.63) is 12.2 Å². The molecule has 0 aromatic carbocycles. The van der Waals surface area contributed by atoms with Gasteiger partial charge in [0.05, 0.1) is 12.7 Å². The number of rotatable bonds is 3. The Morgan fingerprint density at radius 1 is 1.91 bits per heavy atom. The molecule has 4 nitrogen and oxygen atoms in total. The van der Waals surface area contributed by atoms with Gasteiger partial charge in [0.2, 0.25) is 0 Å². The molecule has 1 aliphatic heterocycles. The predicted molar refractivity (Wildman–Crippen MR) is 35.5 cm³/mol. The second kappa shape index (κ2) is 3.74. The zero-order valence-corrected chi connectivity index (χ0v) is 5.82. The van der Waals surface area contributed by atoms with Gasteiger partial charge in [-0.1, -0.05) is 0 Å². The van der Waals surface area contributed by atoms with Crippen LogP contribution < -0.4 is 0 Å². The highest BCUT2D eigenvalue weighted by Crippen LogP contribution is 2.08. The lowest BCUT2D eigenvalue weighted by atomic mass is 10.5. The maximum absolute atomic E-state index is 10.6. The summed E-state index contributed by atoms with van der Waals surface area (Å²) >= 11 is 0. The molecule has 0 aromatic rings. The predicted octanol–water partition coefficient (Wildman–Crippen LogP) is 0.00818. The van der Waals surface area contributed by atoms with E-state index in [1.165, 1.54) is 0 Å². The summed E-state index contributed by atoms with van der Waals surface area (Å²) in [6.07, 6.45) is 2.24. The van der Waals surface area contributed by atoms with Crippen LogP contribution in [0.5, 0.6) is 0 Å². The number of esters is 1. The lowest BCUT2D eigenvalue weighted by molar-refractivity contribution is -0.138. The molecule has 1 unspecified atom stereocenters. The second-order valence-electron chi connectivity index (χ2n) is 2.05. The first kappa shape index (κ1) is 7.76. The van der Waals surface area contributed by atoms with Gasteiger partial charge in [0.15, 0.2) is 0 Å². The van der Waals surface area contributed by atoms with Crippen LogP contribution in [0.15, 0.2) is 12.2 Å². The summed E-state index contributed by atoms with van der Waals surface area (Å²) in [4.78, 5) is 10.6. The molecule has 4 heteroatoms. The number of hydrogen-bond acceptors (Lipinski definition) is 4. The SMILES string of the molecule is N#CC=CC(=O)OCC1CO1. The van der Waals surface area contributed by atoms with Gasteiger partial charge in [-0.05, 0) is 0 Å². The molecule has 0 spiro atoms. The van der Waals surface area contributed by atoms with Crippen LogP contribution >= 0.6 is 0 Å². The Hall–Kier alpha value is -1.34. The van der Waals surface area contributed by atoms with E-state index in [2.05, 4.69) is 4.74 Å². The van der Waals surface area contributed by atoms with Gasteiger partial charge < -0.3 is 9.47 Å². The third-order valence-corrected chi connectivity index (χ3v) is 1.11. The topological polar surface area (TPSA) is 62.6 Å². The third-order valence-electron chi connectivity index (χ3n) is 1.11. The van der Waals surface area contributed by atoms with E-state index in [1.807, 2.05) is 0 Å². The average Bonchev–Trinajstić information content (AvgIpc) is 2.80. The molecule has 1 fully saturated rings. The maximum Gasteiger partial charge on any atom is 0.331 e. The maximum atomic E-state index is 10.6. The van der Waals surface area contributed by atoms with Crippen LogP contribution in [0.4, 0.5) is 0 Å². The van der Waals surface area contributed by atoms with E-state index in [1.54, 1.807) is 6.07 Å². The largest absolute Gasteiger partial charge is 0.460 e. The van der Waals surface area contributed by atoms with Crippen molar-refractivity contribution in [2.45, 2.75) is 6.10 Å². The van der Waals surface area contributed by atoms with Gasteiger partial charge in [0.1, 0.15) is 12.7 Å². The molecule has 1 heterocycles. The van der Waals surface area contributed by atoms with E-state index in [4.69, 9.17) is 10.00 Å². The van der Waals surface area contributed by atoms with Crippen molar-refractivity contribution in [1.29, 1.82) is 5.26 Å². The van der Waals surface area contributed by atoms with E-state index < -0.39 is 5.97 Å². The number of ether oxygens (including phenoxy) is 2. The van der Waals surface area contributed by atoms with E-state index in [0.29, 0.717) is 6.61 Å². The normalized spacial score (nSPS) is 21.2. The molecule has 11 heavy (non-hydrogen) atoms. The fourth-order valence-electron chi connectivity index (χ4n) is 0.493. The van der Waals surface area contributed by atoms with E-state index in [0.717, 1.165) is 12.2 Å². The van der Waals surface area contributed by atoms with Crippen LogP contribution in [-0.2, 0) is 14.3 Å². The Kier molecular flexibility index (Phi) is 2.64. The average molecular weight is 153 g/mol.